The van der Waals surface area contributed by atoms with E-state index in [9.17, 15) is 0 Å². The van der Waals surface area contributed by atoms with Crippen LogP contribution >= 0.6 is 22.9 Å². The van der Waals surface area contributed by atoms with Crippen LogP contribution in [0, 0.1) is 13.8 Å². The minimum Gasteiger partial charge on any atom is -0.306 e. The molecule has 0 saturated carbocycles. The first-order chi connectivity index (χ1) is 8.61. The summed E-state index contributed by atoms with van der Waals surface area (Å²) in [6.45, 7) is 7.42. The molecule has 0 spiro atoms. The van der Waals surface area contributed by atoms with Crippen LogP contribution in [0.2, 0.25) is 5.02 Å². The molecule has 0 aliphatic carbocycles. The van der Waals surface area contributed by atoms with Crippen LogP contribution in [-0.4, -0.2) is 6.54 Å². The molecule has 2 aromatic rings. The molecule has 18 heavy (non-hydrogen) atoms. The lowest BCUT2D eigenvalue weighted by Crippen LogP contribution is -2.20. The van der Waals surface area contributed by atoms with E-state index in [1.54, 1.807) is 0 Å². The third-order valence-corrected chi connectivity index (χ3v) is 4.55. The summed E-state index contributed by atoms with van der Waals surface area (Å²) >= 11 is 7.82. The lowest BCUT2D eigenvalue weighted by atomic mass is 10.0. The van der Waals surface area contributed by atoms with Crippen molar-refractivity contribution in [2.45, 2.75) is 26.8 Å². The maximum atomic E-state index is 5.95. The van der Waals surface area contributed by atoms with Crippen molar-refractivity contribution < 1.29 is 0 Å². The van der Waals surface area contributed by atoms with Gasteiger partial charge in [-0.05, 0) is 49.7 Å². The quantitative estimate of drug-likeness (QED) is 0.854. The zero-order valence-electron chi connectivity index (χ0n) is 11.0. The molecule has 1 N–H and O–H groups in total. The van der Waals surface area contributed by atoms with Crippen molar-refractivity contribution in [1.29, 1.82) is 0 Å². The van der Waals surface area contributed by atoms with E-state index in [1.165, 1.54) is 20.9 Å². The number of hydrogen-bond donors (Lipinski definition) is 1. The van der Waals surface area contributed by atoms with Gasteiger partial charge in [0.2, 0.25) is 0 Å². The van der Waals surface area contributed by atoms with E-state index >= 15 is 0 Å². The van der Waals surface area contributed by atoms with Crippen LogP contribution in [0.1, 0.15) is 33.8 Å². The Morgan fingerprint density at radius 1 is 1.22 bits per heavy atom. The van der Waals surface area contributed by atoms with Gasteiger partial charge in [-0.2, -0.15) is 0 Å². The summed E-state index contributed by atoms with van der Waals surface area (Å²) in [5.41, 5.74) is 2.63. The molecule has 0 aliphatic rings. The minimum absolute atomic E-state index is 0.268. The largest absolute Gasteiger partial charge is 0.306 e. The van der Waals surface area contributed by atoms with E-state index in [0.717, 1.165) is 11.6 Å². The first-order valence-corrected chi connectivity index (χ1v) is 7.37. The Labute approximate surface area is 118 Å². The Morgan fingerprint density at radius 3 is 2.39 bits per heavy atom. The van der Waals surface area contributed by atoms with Crippen LogP contribution in [-0.2, 0) is 0 Å². The van der Waals surface area contributed by atoms with Gasteiger partial charge in [0, 0.05) is 14.8 Å². The van der Waals surface area contributed by atoms with Crippen molar-refractivity contribution in [3.63, 3.8) is 0 Å². The third-order valence-electron chi connectivity index (χ3n) is 3.08. The van der Waals surface area contributed by atoms with E-state index < -0.39 is 0 Å². The van der Waals surface area contributed by atoms with Gasteiger partial charge in [-0.25, -0.2) is 0 Å². The van der Waals surface area contributed by atoms with Crippen molar-refractivity contribution >= 4 is 22.9 Å². The number of thiophene rings is 1. The van der Waals surface area contributed by atoms with Crippen molar-refractivity contribution in [2.75, 3.05) is 6.54 Å². The lowest BCUT2D eigenvalue weighted by molar-refractivity contribution is 0.639. The van der Waals surface area contributed by atoms with Crippen LogP contribution < -0.4 is 5.32 Å². The molecule has 0 fully saturated rings. The Hall–Kier alpha value is -0.830. The summed E-state index contributed by atoms with van der Waals surface area (Å²) in [5, 5.41) is 4.33. The van der Waals surface area contributed by atoms with Crippen molar-refractivity contribution in [2.24, 2.45) is 0 Å². The normalized spacial score (nSPS) is 12.7. The maximum Gasteiger partial charge on any atom is 0.0671 e. The Balaban J connectivity index is 2.36. The lowest BCUT2D eigenvalue weighted by Gasteiger charge is -2.17. The molecule has 2 rings (SSSR count). The molecule has 1 unspecified atom stereocenters. The number of rotatable bonds is 4. The van der Waals surface area contributed by atoms with Gasteiger partial charge in [0.1, 0.15) is 0 Å². The predicted octanol–water partition coefficient (Wildman–Crippen LogP) is 4.72. The van der Waals surface area contributed by atoms with E-state index in [4.69, 9.17) is 11.6 Å². The Kier molecular flexibility index (Phi) is 4.44. The first-order valence-electron chi connectivity index (χ1n) is 6.17. The maximum absolute atomic E-state index is 5.95. The second kappa shape index (κ2) is 5.87. The van der Waals surface area contributed by atoms with Crippen LogP contribution in [0.15, 0.2) is 30.3 Å². The number of nitrogens with one attached hydrogen (secondary N) is 1. The van der Waals surface area contributed by atoms with Crippen LogP contribution in [0.5, 0.6) is 0 Å². The number of halogens is 1. The van der Waals surface area contributed by atoms with Gasteiger partial charge in [-0.1, -0.05) is 30.7 Å². The summed E-state index contributed by atoms with van der Waals surface area (Å²) in [7, 11) is 0. The van der Waals surface area contributed by atoms with Gasteiger partial charge in [0.25, 0.3) is 0 Å². The first kappa shape index (κ1) is 13.6. The molecule has 0 amide bonds. The average molecular weight is 280 g/mol. The molecule has 1 aromatic heterocycles. The highest BCUT2D eigenvalue weighted by atomic mass is 35.5. The molecule has 0 aliphatic heterocycles. The highest BCUT2D eigenvalue weighted by molar-refractivity contribution is 7.12. The summed E-state index contributed by atoms with van der Waals surface area (Å²) < 4.78 is 0. The summed E-state index contributed by atoms with van der Waals surface area (Å²) in [4.78, 5) is 2.76. The molecular formula is C15H18ClNS. The standard InChI is InChI=1S/C15H18ClNS/c1-4-17-15(12-5-7-13(16)8-6-12)14-9-10(2)11(3)18-14/h5-9,15,17H,4H2,1-3H3. The second-order valence-electron chi connectivity index (χ2n) is 4.43. The molecule has 1 atom stereocenters. The van der Waals surface area contributed by atoms with Crippen LogP contribution in [0.3, 0.4) is 0 Å². The van der Waals surface area contributed by atoms with Gasteiger partial charge in [0.15, 0.2) is 0 Å². The Morgan fingerprint density at radius 2 is 1.89 bits per heavy atom. The van der Waals surface area contributed by atoms with Gasteiger partial charge in [-0.3, -0.25) is 0 Å². The van der Waals surface area contributed by atoms with Crippen LogP contribution in [0.4, 0.5) is 0 Å². The second-order valence-corrected chi connectivity index (χ2v) is 6.15. The summed E-state index contributed by atoms with van der Waals surface area (Å²) in [5.74, 6) is 0. The molecule has 3 heteroatoms. The molecular weight excluding hydrogens is 262 g/mol. The van der Waals surface area contributed by atoms with E-state index in [-0.39, 0.29) is 6.04 Å². The summed E-state index contributed by atoms with van der Waals surface area (Å²) in [6, 6.07) is 10.6. The van der Waals surface area contributed by atoms with Crippen molar-refractivity contribution in [1.82, 2.24) is 5.32 Å². The van der Waals surface area contributed by atoms with Gasteiger partial charge < -0.3 is 5.32 Å². The molecule has 96 valence electrons. The third kappa shape index (κ3) is 2.94. The van der Waals surface area contributed by atoms with E-state index in [1.807, 2.05) is 23.5 Å². The molecule has 1 nitrogen and oxygen atoms in total. The van der Waals surface area contributed by atoms with Crippen molar-refractivity contribution in [3.8, 4) is 0 Å². The average Bonchev–Trinajstić information content (AvgIpc) is 2.68. The van der Waals surface area contributed by atoms with Gasteiger partial charge >= 0.3 is 0 Å². The smallest absolute Gasteiger partial charge is 0.0671 e. The predicted molar refractivity (Wildman–Crippen MR) is 80.8 cm³/mol. The zero-order chi connectivity index (χ0) is 13.1. The highest BCUT2D eigenvalue weighted by Crippen LogP contribution is 2.31. The highest BCUT2D eigenvalue weighted by Gasteiger charge is 2.15. The fourth-order valence-electron chi connectivity index (χ4n) is 1.99. The molecule has 0 saturated heterocycles. The fraction of sp³-hybridized carbons (Fsp3) is 0.333. The van der Waals surface area contributed by atoms with E-state index in [0.29, 0.717) is 0 Å². The summed E-state index contributed by atoms with van der Waals surface area (Å²) in [6.07, 6.45) is 0. The van der Waals surface area contributed by atoms with Crippen LogP contribution in [0.25, 0.3) is 0 Å². The van der Waals surface area contributed by atoms with Gasteiger partial charge in [0.05, 0.1) is 6.04 Å². The fourth-order valence-corrected chi connectivity index (χ4v) is 3.26. The molecule has 0 radical (unpaired) electrons. The van der Waals surface area contributed by atoms with E-state index in [2.05, 4.69) is 44.3 Å². The van der Waals surface area contributed by atoms with Gasteiger partial charge in [-0.15, -0.1) is 11.3 Å². The minimum atomic E-state index is 0.268. The SMILES string of the molecule is CCNC(c1ccc(Cl)cc1)c1cc(C)c(C)s1. The zero-order valence-corrected chi connectivity index (χ0v) is 12.5. The van der Waals surface area contributed by atoms with Crippen molar-refractivity contribution in [3.05, 3.63) is 56.2 Å². The molecule has 0 bridgehead atoms. The number of aryl methyl sites for hydroxylation is 2. The monoisotopic (exact) mass is 279 g/mol. The molecule has 1 aromatic carbocycles. The Bertz CT molecular complexity index is 496. The topological polar surface area (TPSA) is 12.0 Å². The number of hydrogen-bond acceptors (Lipinski definition) is 2. The molecule has 1 heterocycles. The number of benzene rings is 1.